The molecule has 0 spiro atoms. The third-order valence-electron chi connectivity index (χ3n) is 4.87. The second-order valence-corrected chi connectivity index (χ2v) is 6.72. The minimum atomic E-state index is -0.387. The normalized spacial score (nSPS) is 14.0. The number of fused-ring (bicyclic) bond motifs is 3. The fraction of sp³-hybridized carbons (Fsp3) is 0.136. The van der Waals surface area contributed by atoms with Gasteiger partial charge in [-0.25, -0.2) is 14.4 Å². The molecular weight excluding hydrogens is 353 g/mol. The average molecular weight is 371 g/mol. The first-order valence-electron chi connectivity index (χ1n) is 9.29. The summed E-state index contributed by atoms with van der Waals surface area (Å²) in [6.07, 6.45) is 2.77. The minimum Gasteiger partial charge on any atom is -0.371 e. The fourth-order valence-electron chi connectivity index (χ4n) is 3.56. The summed E-state index contributed by atoms with van der Waals surface area (Å²) < 4.78 is 16.1. The quantitative estimate of drug-likeness (QED) is 0.573. The Balaban J connectivity index is 1.73. The lowest BCUT2D eigenvalue weighted by Crippen LogP contribution is -2.25. The van der Waals surface area contributed by atoms with Crippen LogP contribution in [0, 0.1) is 5.82 Å². The number of nitrogens with zero attached hydrogens (tertiary/aromatic N) is 4. The highest BCUT2D eigenvalue weighted by molar-refractivity contribution is 5.81. The van der Waals surface area contributed by atoms with E-state index in [0.717, 1.165) is 47.8 Å². The van der Waals surface area contributed by atoms with Crippen molar-refractivity contribution >= 4 is 11.5 Å². The lowest BCUT2D eigenvalue weighted by Gasteiger charge is -2.27. The number of nitrogens with one attached hydrogen (secondary N) is 1. The van der Waals surface area contributed by atoms with Crippen LogP contribution in [0.1, 0.15) is 6.42 Å². The first-order valence-corrected chi connectivity index (χ1v) is 9.29. The van der Waals surface area contributed by atoms with Crippen molar-refractivity contribution in [1.29, 1.82) is 0 Å². The van der Waals surface area contributed by atoms with Gasteiger partial charge in [-0.05, 0) is 30.2 Å². The molecule has 0 bridgehead atoms. The Hall–Kier alpha value is -3.54. The highest BCUT2D eigenvalue weighted by Crippen LogP contribution is 2.35. The van der Waals surface area contributed by atoms with Crippen LogP contribution in [0.25, 0.3) is 22.5 Å². The van der Waals surface area contributed by atoms with Crippen molar-refractivity contribution in [3.8, 4) is 22.5 Å². The zero-order valence-corrected chi connectivity index (χ0v) is 15.1. The fourth-order valence-corrected chi connectivity index (χ4v) is 3.56. The van der Waals surface area contributed by atoms with Gasteiger partial charge in [-0.2, -0.15) is 4.98 Å². The maximum atomic E-state index is 13.9. The monoisotopic (exact) mass is 371 g/mol. The van der Waals surface area contributed by atoms with Crippen LogP contribution in [0.5, 0.6) is 0 Å². The summed E-state index contributed by atoms with van der Waals surface area (Å²) in [5.41, 5.74) is 3.68. The molecule has 6 heteroatoms. The molecule has 2 aromatic carbocycles. The number of para-hydroxylation sites is 1. The highest BCUT2D eigenvalue weighted by atomic mass is 19.1. The van der Waals surface area contributed by atoms with Gasteiger partial charge in [0.2, 0.25) is 0 Å². The summed E-state index contributed by atoms with van der Waals surface area (Å²) >= 11 is 0. The molecule has 0 radical (unpaired) electrons. The van der Waals surface area contributed by atoms with Crippen molar-refractivity contribution in [3.63, 3.8) is 0 Å². The molecule has 138 valence electrons. The van der Waals surface area contributed by atoms with Crippen LogP contribution in [-0.4, -0.2) is 21.1 Å². The van der Waals surface area contributed by atoms with Crippen molar-refractivity contribution in [2.75, 3.05) is 11.9 Å². The number of hydrogen-bond acceptors (Lipinski definition) is 4. The molecule has 0 aromatic heterocycles. The first-order chi connectivity index (χ1) is 13.8. The van der Waals surface area contributed by atoms with E-state index in [1.54, 1.807) is 24.4 Å². The van der Waals surface area contributed by atoms with Crippen molar-refractivity contribution < 1.29 is 4.39 Å². The van der Waals surface area contributed by atoms with Gasteiger partial charge in [0.05, 0.1) is 0 Å². The molecule has 0 amide bonds. The Morgan fingerprint density at radius 1 is 1.00 bits per heavy atom. The first kappa shape index (κ1) is 16.6. The molecule has 0 fully saturated rings. The summed E-state index contributed by atoms with van der Waals surface area (Å²) in [6.45, 7) is 1.78. The van der Waals surface area contributed by atoms with Crippen molar-refractivity contribution in [3.05, 3.63) is 78.3 Å². The molecule has 0 unspecified atom stereocenters. The Morgan fingerprint density at radius 3 is 2.68 bits per heavy atom. The summed E-state index contributed by atoms with van der Waals surface area (Å²) in [5.74, 6) is 1.45. The second kappa shape index (κ2) is 6.88. The minimum absolute atomic E-state index is 0.236. The van der Waals surface area contributed by atoms with E-state index in [-0.39, 0.29) is 17.1 Å². The molecule has 0 aliphatic carbocycles. The van der Waals surface area contributed by atoms with Gasteiger partial charge in [-0.1, -0.05) is 42.5 Å². The topological polar surface area (TPSA) is 55.1 Å². The molecule has 0 atom stereocenters. The Kier molecular flexibility index (Phi) is 4.09. The van der Waals surface area contributed by atoms with E-state index >= 15 is 0 Å². The van der Waals surface area contributed by atoms with E-state index in [4.69, 9.17) is 0 Å². The number of halogens is 1. The van der Waals surface area contributed by atoms with Crippen LogP contribution in [0.3, 0.4) is 0 Å². The van der Waals surface area contributed by atoms with Crippen LogP contribution in [0.2, 0.25) is 0 Å². The van der Waals surface area contributed by atoms with Crippen molar-refractivity contribution in [1.82, 2.24) is 14.5 Å². The van der Waals surface area contributed by atoms with Gasteiger partial charge in [0, 0.05) is 30.4 Å². The Bertz CT molecular complexity index is 1180. The van der Waals surface area contributed by atoms with E-state index in [1.807, 2.05) is 18.2 Å². The predicted octanol–water partition coefficient (Wildman–Crippen LogP) is 4.24. The number of benzene rings is 2. The zero-order valence-electron chi connectivity index (χ0n) is 15.1. The van der Waals surface area contributed by atoms with Crippen molar-refractivity contribution in [2.45, 2.75) is 13.0 Å². The lowest BCUT2D eigenvalue weighted by atomic mass is 10.0. The van der Waals surface area contributed by atoms with Crippen LogP contribution in [-0.2, 0) is 6.54 Å². The molecule has 2 aromatic rings. The van der Waals surface area contributed by atoms with Gasteiger partial charge in [-0.3, -0.25) is 0 Å². The molecule has 3 aliphatic rings. The SMILES string of the molecule is Fc1ccccc1N=c1ncc2cc(-c3ccccc3)c3n(c-2n1)CCCN3. The lowest BCUT2D eigenvalue weighted by molar-refractivity contribution is 0.619. The van der Waals surface area contributed by atoms with E-state index in [0.29, 0.717) is 0 Å². The summed E-state index contributed by atoms with van der Waals surface area (Å²) in [7, 11) is 0. The molecule has 3 heterocycles. The van der Waals surface area contributed by atoms with Crippen LogP contribution in [0.4, 0.5) is 15.9 Å². The van der Waals surface area contributed by atoms with E-state index in [2.05, 4.69) is 43.0 Å². The molecule has 3 aliphatic heterocycles. The third-order valence-corrected chi connectivity index (χ3v) is 4.87. The maximum absolute atomic E-state index is 13.9. The van der Waals surface area contributed by atoms with Gasteiger partial charge in [0.15, 0.2) is 0 Å². The van der Waals surface area contributed by atoms with E-state index < -0.39 is 0 Å². The molecule has 5 nitrogen and oxygen atoms in total. The van der Waals surface area contributed by atoms with Gasteiger partial charge in [0.25, 0.3) is 5.62 Å². The van der Waals surface area contributed by atoms with Gasteiger partial charge in [-0.15, -0.1) is 0 Å². The smallest absolute Gasteiger partial charge is 0.251 e. The van der Waals surface area contributed by atoms with Gasteiger partial charge in [0.1, 0.15) is 23.1 Å². The maximum Gasteiger partial charge on any atom is 0.251 e. The Labute approximate surface area is 161 Å². The van der Waals surface area contributed by atoms with Gasteiger partial charge < -0.3 is 9.88 Å². The molecule has 1 N–H and O–H groups in total. The largest absolute Gasteiger partial charge is 0.371 e. The predicted molar refractivity (Wildman–Crippen MR) is 107 cm³/mol. The number of anilines is 1. The molecule has 5 rings (SSSR count). The van der Waals surface area contributed by atoms with Crippen molar-refractivity contribution in [2.24, 2.45) is 4.99 Å². The van der Waals surface area contributed by atoms with E-state index in [9.17, 15) is 4.39 Å². The molecule has 0 saturated heterocycles. The molecule has 28 heavy (non-hydrogen) atoms. The van der Waals surface area contributed by atoms with Crippen LogP contribution >= 0.6 is 0 Å². The number of rotatable bonds is 2. The zero-order chi connectivity index (χ0) is 18.9. The summed E-state index contributed by atoms with van der Waals surface area (Å²) in [5, 5.41) is 3.51. The molecule has 0 saturated carbocycles. The standard InChI is InChI=1S/C22H18FN5/c23-18-9-4-5-10-19(18)26-22-25-14-16-13-17(15-7-2-1-3-8-15)21-24-11-6-12-28(21)20(16)27-22/h1-5,7-10,13-14,24H,6,11-12H2. The van der Waals surface area contributed by atoms with Crippen LogP contribution in [0.15, 0.2) is 71.9 Å². The average Bonchev–Trinajstić information content (AvgIpc) is 2.75. The summed E-state index contributed by atoms with van der Waals surface area (Å²) in [6, 6.07) is 18.8. The molecular formula is C22H18FN5. The Morgan fingerprint density at radius 2 is 1.82 bits per heavy atom. The second-order valence-electron chi connectivity index (χ2n) is 6.72. The summed E-state index contributed by atoms with van der Waals surface area (Å²) in [4.78, 5) is 13.3. The van der Waals surface area contributed by atoms with Crippen LogP contribution < -0.4 is 10.9 Å². The number of pyridine rings is 1. The third kappa shape index (κ3) is 2.93. The number of hydrogen-bond donors (Lipinski definition) is 1. The highest BCUT2D eigenvalue weighted by Gasteiger charge is 2.20. The van der Waals surface area contributed by atoms with Gasteiger partial charge >= 0.3 is 0 Å². The van der Waals surface area contributed by atoms with E-state index in [1.165, 1.54) is 6.07 Å². The number of aromatic nitrogens is 3.